The van der Waals surface area contributed by atoms with E-state index < -0.39 is 0 Å². The molecule has 0 radical (unpaired) electrons. The maximum absolute atomic E-state index is 11.8. The first-order valence-corrected chi connectivity index (χ1v) is 7.28. The van der Waals surface area contributed by atoms with Gasteiger partial charge in [-0.2, -0.15) is 0 Å². The summed E-state index contributed by atoms with van der Waals surface area (Å²) >= 11 is 0. The van der Waals surface area contributed by atoms with Crippen LogP contribution in [0.1, 0.15) is 6.92 Å². The molecular weight excluding hydrogens is 290 g/mol. The molecule has 3 aromatic rings. The lowest BCUT2D eigenvalue weighted by Crippen LogP contribution is -2.08. The van der Waals surface area contributed by atoms with E-state index in [2.05, 4.69) is 15.3 Å². The Morgan fingerprint density at radius 3 is 2.87 bits per heavy atom. The molecule has 0 spiro atoms. The Balaban J connectivity index is 2.03. The molecule has 1 aromatic heterocycles. The second kappa shape index (κ2) is 6.36. The smallest absolute Gasteiger partial charge is 0.248 e. The number of nitrogens with one attached hydrogen (secondary N) is 2. The quantitative estimate of drug-likeness (QED) is 0.721. The summed E-state index contributed by atoms with van der Waals surface area (Å²) < 4.78 is 5.23. The Morgan fingerprint density at radius 2 is 2.09 bits per heavy atom. The van der Waals surface area contributed by atoms with E-state index in [4.69, 9.17) is 4.74 Å². The number of nitrogens with zero attached hydrogens (tertiary/aromatic N) is 1. The first kappa shape index (κ1) is 14.8. The number of imidazole rings is 1. The molecule has 1 amide bonds. The number of aromatic amines is 1. The largest absolute Gasteiger partial charge is 0.497 e. The van der Waals surface area contributed by atoms with Crippen molar-refractivity contribution in [3.63, 3.8) is 0 Å². The van der Waals surface area contributed by atoms with E-state index in [1.165, 1.54) is 6.08 Å². The molecule has 2 N–H and O–H groups in total. The Morgan fingerprint density at radius 1 is 1.26 bits per heavy atom. The van der Waals surface area contributed by atoms with Crippen LogP contribution >= 0.6 is 0 Å². The Kier molecular flexibility index (Phi) is 4.10. The summed E-state index contributed by atoms with van der Waals surface area (Å²) in [6, 6.07) is 13.2. The number of para-hydroxylation sites is 1. The first-order valence-electron chi connectivity index (χ1n) is 7.28. The predicted molar refractivity (Wildman–Crippen MR) is 91.5 cm³/mol. The molecule has 0 fully saturated rings. The fourth-order valence-electron chi connectivity index (χ4n) is 2.37. The van der Waals surface area contributed by atoms with E-state index in [9.17, 15) is 4.79 Å². The monoisotopic (exact) mass is 307 g/mol. The van der Waals surface area contributed by atoms with Gasteiger partial charge >= 0.3 is 0 Å². The molecule has 5 nitrogen and oxygen atoms in total. The van der Waals surface area contributed by atoms with Crippen molar-refractivity contribution in [1.29, 1.82) is 0 Å². The highest BCUT2D eigenvalue weighted by Crippen LogP contribution is 2.28. The van der Waals surface area contributed by atoms with Crippen molar-refractivity contribution in [3.05, 3.63) is 54.6 Å². The molecule has 2 aromatic carbocycles. The number of aromatic nitrogens is 2. The molecule has 5 heteroatoms. The Hall–Kier alpha value is -3.08. The van der Waals surface area contributed by atoms with Crippen LogP contribution in [0, 0.1) is 0 Å². The molecule has 0 unspecified atom stereocenters. The highest BCUT2D eigenvalue weighted by atomic mass is 16.5. The van der Waals surface area contributed by atoms with Gasteiger partial charge in [-0.1, -0.05) is 18.2 Å². The second-order valence-corrected chi connectivity index (χ2v) is 5.00. The predicted octanol–water partition coefficient (Wildman–Crippen LogP) is 3.75. The number of fused-ring (bicyclic) bond motifs is 1. The van der Waals surface area contributed by atoms with Gasteiger partial charge in [-0.25, -0.2) is 4.98 Å². The summed E-state index contributed by atoms with van der Waals surface area (Å²) in [4.78, 5) is 19.7. The van der Waals surface area contributed by atoms with Crippen molar-refractivity contribution in [2.24, 2.45) is 0 Å². The number of H-pyrrole nitrogens is 1. The van der Waals surface area contributed by atoms with Gasteiger partial charge in [0.2, 0.25) is 5.91 Å². The molecule has 1 heterocycles. The van der Waals surface area contributed by atoms with Gasteiger partial charge in [0.25, 0.3) is 0 Å². The van der Waals surface area contributed by atoms with Crippen LogP contribution < -0.4 is 10.1 Å². The van der Waals surface area contributed by atoms with Gasteiger partial charge in [0, 0.05) is 11.6 Å². The zero-order chi connectivity index (χ0) is 16.2. The third-order valence-corrected chi connectivity index (χ3v) is 3.45. The number of hydrogen-bond donors (Lipinski definition) is 2. The van der Waals surface area contributed by atoms with Crippen LogP contribution in [0.3, 0.4) is 0 Å². The summed E-state index contributed by atoms with van der Waals surface area (Å²) in [6.45, 7) is 1.80. The van der Waals surface area contributed by atoms with Crippen molar-refractivity contribution in [2.45, 2.75) is 6.92 Å². The zero-order valence-electron chi connectivity index (χ0n) is 13.0. The molecule has 0 atom stereocenters. The number of allylic oxidation sites excluding steroid dienone is 1. The van der Waals surface area contributed by atoms with Gasteiger partial charge in [-0.15, -0.1) is 0 Å². The molecule has 116 valence electrons. The van der Waals surface area contributed by atoms with Crippen molar-refractivity contribution in [3.8, 4) is 17.1 Å². The number of benzene rings is 2. The maximum Gasteiger partial charge on any atom is 0.248 e. The van der Waals surface area contributed by atoms with Crippen molar-refractivity contribution < 1.29 is 9.53 Å². The molecular formula is C18H17N3O2. The van der Waals surface area contributed by atoms with Crippen LogP contribution in [0.5, 0.6) is 5.75 Å². The van der Waals surface area contributed by atoms with Gasteiger partial charge in [-0.05, 0) is 37.3 Å². The molecule has 23 heavy (non-hydrogen) atoms. The number of rotatable bonds is 4. The number of anilines is 1. The van der Waals surface area contributed by atoms with Crippen molar-refractivity contribution in [1.82, 2.24) is 9.97 Å². The topological polar surface area (TPSA) is 67.0 Å². The normalized spacial score (nSPS) is 11.0. The van der Waals surface area contributed by atoms with Gasteiger partial charge in [0.05, 0.1) is 23.8 Å². The third-order valence-electron chi connectivity index (χ3n) is 3.45. The lowest BCUT2D eigenvalue weighted by atomic mass is 10.1. The molecule has 0 bridgehead atoms. The SMILES string of the molecule is C/C=C/C(=O)Nc1ccccc1-c1nc2ccc(OC)cc2[nH]1. The average molecular weight is 307 g/mol. The van der Waals surface area contributed by atoms with E-state index in [1.54, 1.807) is 20.1 Å². The number of amides is 1. The van der Waals surface area contributed by atoms with Gasteiger partial charge in [0.15, 0.2) is 0 Å². The number of methoxy groups -OCH3 is 1. The van der Waals surface area contributed by atoms with Gasteiger partial charge in [0.1, 0.15) is 11.6 Å². The number of carbonyl (C=O) groups is 1. The van der Waals surface area contributed by atoms with Gasteiger partial charge in [-0.3, -0.25) is 4.79 Å². The average Bonchev–Trinajstić information content (AvgIpc) is 2.98. The molecule has 3 rings (SSSR count). The van der Waals surface area contributed by atoms with Crippen LogP contribution in [-0.2, 0) is 4.79 Å². The number of hydrogen-bond acceptors (Lipinski definition) is 3. The summed E-state index contributed by atoms with van der Waals surface area (Å²) in [7, 11) is 1.63. The van der Waals surface area contributed by atoms with E-state index in [1.807, 2.05) is 42.5 Å². The van der Waals surface area contributed by atoms with Crippen molar-refractivity contribution in [2.75, 3.05) is 12.4 Å². The minimum atomic E-state index is -0.169. The highest BCUT2D eigenvalue weighted by molar-refractivity contribution is 6.01. The summed E-state index contributed by atoms with van der Waals surface area (Å²) in [5, 5.41) is 2.87. The summed E-state index contributed by atoms with van der Waals surface area (Å²) in [5.74, 6) is 1.30. The van der Waals surface area contributed by atoms with E-state index in [0.717, 1.165) is 22.3 Å². The Bertz CT molecular complexity index is 881. The fourth-order valence-corrected chi connectivity index (χ4v) is 2.37. The lowest BCUT2D eigenvalue weighted by molar-refractivity contribution is -0.111. The first-order chi connectivity index (χ1) is 11.2. The Labute approximate surface area is 134 Å². The van der Waals surface area contributed by atoms with E-state index in [-0.39, 0.29) is 5.91 Å². The standard InChI is InChI=1S/C18H17N3O2/c1-3-6-17(22)19-14-8-5-4-7-13(14)18-20-15-10-9-12(23-2)11-16(15)21-18/h3-11H,1-2H3,(H,19,22)(H,20,21)/b6-3+. The molecule has 0 aliphatic heterocycles. The van der Waals surface area contributed by atoms with Crippen LogP contribution in [0.15, 0.2) is 54.6 Å². The summed E-state index contributed by atoms with van der Waals surface area (Å²) in [6.07, 6.45) is 3.19. The number of carbonyl (C=O) groups excluding carboxylic acids is 1. The molecule has 0 saturated heterocycles. The minimum absolute atomic E-state index is 0.169. The van der Waals surface area contributed by atoms with Crippen LogP contribution in [0.2, 0.25) is 0 Å². The highest BCUT2D eigenvalue weighted by Gasteiger charge is 2.11. The molecule has 0 saturated carbocycles. The molecule has 0 aliphatic carbocycles. The third kappa shape index (κ3) is 3.08. The summed E-state index contributed by atoms with van der Waals surface area (Å²) in [5.41, 5.74) is 3.27. The van der Waals surface area contributed by atoms with Crippen LogP contribution in [-0.4, -0.2) is 23.0 Å². The van der Waals surface area contributed by atoms with E-state index in [0.29, 0.717) is 11.5 Å². The lowest BCUT2D eigenvalue weighted by Gasteiger charge is -2.07. The van der Waals surface area contributed by atoms with Gasteiger partial charge < -0.3 is 15.0 Å². The fraction of sp³-hybridized carbons (Fsp3) is 0.111. The van der Waals surface area contributed by atoms with Crippen molar-refractivity contribution >= 4 is 22.6 Å². The van der Waals surface area contributed by atoms with E-state index >= 15 is 0 Å². The maximum atomic E-state index is 11.8. The second-order valence-electron chi connectivity index (χ2n) is 5.00. The zero-order valence-corrected chi connectivity index (χ0v) is 13.0. The van der Waals surface area contributed by atoms with Crippen LogP contribution in [0.4, 0.5) is 5.69 Å². The molecule has 0 aliphatic rings. The van der Waals surface area contributed by atoms with Crippen LogP contribution in [0.25, 0.3) is 22.4 Å². The number of ether oxygens (including phenoxy) is 1. The minimum Gasteiger partial charge on any atom is -0.497 e.